The molecule has 0 aromatic carbocycles. The van der Waals surface area contributed by atoms with Crippen LogP contribution in [0.1, 0.15) is 141 Å². The highest BCUT2D eigenvalue weighted by atomic mass is 16.6. The maximum Gasteiger partial charge on any atom is 0.313 e. The molecular formula is C28H46O10. The van der Waals surface area contributed by atoms with Crippen molar-refractivity contribution in [3.05, 3.63) is 0 Å². The number of esters is 4. The molecule has 0 heterocycles. The van der Waals surface area contributed by atoms with Crippen LogP contribution >= 0.6 is 0 Å². The van der Waals surface area contributed by atoms with Gasteiger partial charge in [0.2, 0.25) is 0 Å². The second-order valence-corrected chi connectivity index (χ2v) is 9.64. The number of aliphatic carboxylic acids is 2. The molecule has 0 aliphatic rings. The number of carbonyl (C=O) groups is 6. The Morgan fingerprint density at radius 2 is 0.500 bits per heavy atom. The monoisotopic (exact) mass is 542 g/mol. The maximum atomic E-state index is 11.7. The quantitative estimate of drug-likeness (QED) is 0.0809. The van der Waals surface area contributed by atoms with Crippen LogP contribution in [0.5, 0.6) is 0 Å². The van der Waals surface area contributed by atoms with E-state index in [0.717, 1.165) is 64.2 Å². The number of carboxylic acid groups (broad SMARTS) is 2. The normalized spacial score (nSPS) is 10.6. The first-order valence-electron chi connectivity index (χ1n) is 14.1. The third kappa shape index (κ3) is 26.3. The Morgan fingerprint density at radius 1 is 0.316 bits per heavy atom. The van der Waals surface area contributed by atoms with Crippen LogP contribution in [0, 0.1) is 0 Å². The van der Waals surface area contributed by atoms with E-state index in [9.17, 15) is 28.8 Å². The predicted molar refractivity (Wildman–Crippen MR) is 139 cm³/mol. The van der Waals surface area contributed by atoms with Gasteiger partial charge >= 0.3 is 35.8 Å². The van der Waals surface area contributed by atoms with Gasteiger partial charge in [-0.3, -0.25) is 28.8 Å². The smallest absolute Gasteiger partial charge is 0.313 e. The van der Waals surface area contributed by atoms with Gasteiger partial charge in [-0.2, -0.15) is 0 Å². The summed E-state index contributed by atoms with van der Waals surface area (Å²) in [6, 6.07) is 0. The van der Waals surface area contributed by atoms with E-state index in [0.29, 0.717) is 38.5 Å². The van der Waals surface area contributed by atoms with Gasteiger partial charge in [0.15, 0.2) is 0 Å². The molecular weight excluding hydrogens is 496 g/mol. The highest BCUT2D eigenvalue weighted by molar-refractivity contribution is 5.85. The molecule has 0 rings (SSSR count). The second-order valence-electron chi connectivity index (χ2n) is 9.64. The van der Waals surface area contributed by atoms with E-state index in [2.05, 4.69) is 0 Å². The van der Waals surface area contributed by atoms with Crippen LogP contribution in [-0.2, 0) is 38.2 Å². The zero-order valence-corrected chi connectivity index (χ0v) is 22.7. The van der Waals surface area contributed by atoms with Gasteiger partial charge in [0.05, 0.1) is 0 Å². The van der Waals surface area contributed by atoms with Crippen molar-refractivity contribution in [1.82, 2.24) is 0 Å². The fourth-order valence-corrected chi connectivity index (χ4v) is 3.86. The number of carboxylic acids is 2. The summed E-state index contributed by atoms with van der Waals surface area (Å²) in [7, 11) is 0. The van der Waals surface area contributed by atoms with E-state index >= 15 is 0 Å². The standard InChI is InChI=1S/C28H46O10/c29-23(30)17-11-5-3-9-15-21-27(35)37-25(33)19-13-7-1-2-8-14-20-26(34)38-28(36)22-16-10-4-6-12-18-24(31)32/h1-22H2,(H,29,30)(H,31,32). The zero-order valence-electron chi connectivity index (χ0n) is 22.7. The van der Waals surface area contributed by atoms with Crippen LogP contribution < -0.4 is 0 Å². The van der Waals surface area contributed by atoms with E-state index in [-0.39, 0.29) is 38.5 Å². The summed E-state index contributed by atoms with van der Waals surface area (Å²) in [5.74, 6) is -3.65. The van der Waals surface area contributed by atoms with Gasteiger partial charge in [-0.05, 0) is 38.5 Å². The Labute approximate surface area is 225 Å². The Morgan fingerprint density at radius 3 is 0.711 bits per heavy atom. The summed E-state index contributed by atoms with van der Waals surface area (Å²) < 4.78 is 9.63. The molecule has 0 unspecified atom stereocenters. The Bertz CT molecular complexity index is 656. The lowest BCUT2D eigenvalue weighted by molar-refractivity contribution is -0.161. The Balaban J connectivity index is 3.52. The van der Waals surface area contributed by atoms with Gasteiger partial charge < -0.3 is 19.7 Å². The molecule has 0 atom stereocenters. The van der Waals surface area contributed by atoms with Crippen molar-refractivity contribution in [3.8, 4) is 0 Å². The Kier molecular flexibility index (Phi) is 22.8. The molecule has 0 radical (unpaired) electrons. The van der Waals surface area contributed by atoms with Crippen LogP contribution in [0.4, 0.5) is 0 Å². The maximum absolute atomic E-state index is 11.7. The highest BCUT2D eigenvalue weighted by Crippen LogP contribution is 2.12. The van der Waals surface area contributed by atoms with Crippen LogP contribution in [0.3, 0.4) is 0 Å². The van der Waals surface area contributed by atoms with Crippen LogP contribution in [0.2, 0.25) is 0 Å². The highest BCUT2D eigenvalue weighted by Gasteiger charge is 2.11. The van der Waals surface area contributed by atoms with Gasteiger partial charge in [-0.15, -0.1) is 0 Å². The minimum absolute atomic E-state index is 0.163. The third-order valence-corrected chi connectivity index (χ3v) is 6.01. The van der Waals surface area contributed by atoms with E-state index in [1.165, 1.54) is 0 Å². The topological polar surface area (TPSA) is 161 Å². The molecule has 38 heavy (non-hydrogen) atoms. The molecule has 10 nitrogen and oxygen atoms in total. The van der Waals surface area contributed by atoms with Crippen LogP contribution in [0.25, 0.3) is 0 Å². The molecule has 0 aromatic rings. The lowest BCUT2D eigenvalue weighted by Gasteiger charge is -2.05. The number of hydrogen-bond donors (Lipinski definition) is 2. The largest absolute Gasteiger partial charge is 0.481 e. The second kappa shape index (κ2) is 24.6. The molecule has 10 heteroatoms. The molecule has 218 valence electrons. The first kappa shape index (κ1) is 35.2. The van der Waals surface area contributed by atoms with E-state index in [1.54, 1.807) is 0 Å². The van der Waals surface area contributed by atoms with Gasteiger partial charge in [-0.25, -0.2) is 0 Å². The Hall–Kier alpha value is -2.78. The van der Waals surface area contributed by atoms with Crippen LogP contribution in [-0.4, -0.2) is 46.0 Å². The number of hydrogen-bond acceptors (Lipinski definition) is 8. The summed E-state index contributed by atoms with van der Waals surface area (Å²) in [5, 5.41) is 17.1. The van der Waals surface area contributed by atoms with Crippen molar-refractivity contribution < 1.29 is 48.5 Å². The summed E-state index contributed by atoms with van der Waals surface area (Å²) in [5.41, 5.74) is 0. The molecule has 0 spiro atoms. The van der Waals surface area contributed by atoms with Crippen molar-refractivity contribution in [2.24, 2.45) is 0 Å². The molecule has 0 bridgehead atoms. The van der Waals surface area contributed by atoms with Crippen molar-refractivity contribution in [2.45, 2.75) is 141 Å². The average molecular weight is 543 g/mol. The first-order chi connectivity index (χ1) is 18.2. The summed E-state index contributed by atoms with van der Waals surface area (Å²) in [6.07, 6.45) is 13.2. The van der Waals surface area contributed by atoms with Crippen molar-refractivity contribution in [2.75, 3.05) is 0 Å². The molecule has 0 amide bonds. The number of unbranched alkanes of at least 4 members (excludes halogenated alkanes) is 13. The molecule has 0 aromatic heterocycles. The first-order valence-corrected chi connectivity index (χ1v) is 14.1. The molecule has 0 aliphatic carbocycles. The average Bonchev–Trinajstić information content (AvgIpc) is 2.84. The number of rotatable bonds is 25. The summed E-state index contributed by atoms with van der Waals surface area (Å²) in [6.45, 7) is 0. The third-order valence-electron chi connectivity index (χ3n) is 6.01. The molecule has 0 saturated carbocycles. The molecule has 0 saturated heterocycles. The SMILES string of the molecule is O=C(O)CCCCCCCC(=O)OC(=O)CCCCCCCCC(=O)OC(=O)CCCCCCCC(=O)O. The van der Waals surface area contributed by atoms with E-state index in [4.69, 9.17) is 19.7 Å². The van der Waals surface area contributed by atoms with Gasteiger partial charge in [-0.1, -0.05) is 64.2 Å². The molecule has 0 fully saturated rings. The summed E-state index contributed by atoms with van der Waals surface area (Å²) >= 11 is 0. The number of ether oxygens (including phenoxy) is 2. The van der Waals surface area contributed by atoms with E-state index < -0.39 is 35.8 Å². The zero-order chi connectivity index (χ0) is 28.4. The van der Waals surface area contributed by atoms with Crippen LogP contribution in [0.15, 0.2) is 0 Å². The predicted octanol–water partition coefficient (Wildman–Crippen LogP) is 5.88. The molecule has 2 N–H and O–H groups in total. The minimum Gasteiger partial charge on any atom is -0.481 e. The lowest BCUT2D eigenvalue weighted by Crippen LogP contribution is -2.12. The van der Waals surface area contributed by atoms with Crippen molar-refractivity contribution in [1.29, 1.82) is 0 Å². The summed E-state index contributed by atoms with van der Waals surface area (Å²) in [4.78, 5) is 67.7. The fraction of sp³-hybridized carbons (Fsp3) is 0.786. The van der Waals surface area contributed by atoms with E-state index in [1.807, 2.05) is 0 Å². The van der Waals surface area contributed by atoms with Crippen molar-refractivity contribution >= 4 is 35.8 Å². The minimum atomic E-state index is -0.799. The lowest BCUT2D eigenvalue weighted by atomic mass is 10.1. The number of carbonyl (C=O) groups excluding carboxylic acids is 4. The van der Waals surface area contributed by atoms with Gasteiger partial charge in [0.25, 0.3) is 0 Å². The van der Waals surface area contributed by atoms with Gasteiger partial charge in [0.1, 0.15) is 0 Å². The van der Waals surface area contributed by atoms with Gasteiger partial charge in [0, 0.05) is 38.5 Å². The fourth-order valence-electron chi connectivity index (χ4n) is 3.86. The van der Waals surface area contributed by atoms with Crippen molar-refractivity contribution in [3.63, 3.8) is 0 Å². The molecule has 0 aliphatic heterocycles.